The molecule has 1 heterocycles. The zero-order chi connectivity index (χ0) is 25.8. The van der Waals surface area contributed by atoms with Gasteiger partial charge in [-0.2, -0.15) is 5.26 Å². The lowest BCUT2D eigenvalue weighted by Crippen LogP contribution is -2.00. The first-order valence-corrected chi connectivity index (χ1v) is 11.7. The Bertz CT molecular complexity index is 1520. The number of nitro groups is 1. The molecule has 4 rings (SSSR count). The molecule has 0 aliphatic heterocycles. The van der Waals surface area contributed by atoms with Crippen molar-refractivity contribution in [3.05, 3.63) is 121 Å². The minimum absolute atomic E-state index is 0.0558. The highest BCUT2D eigenvalue weighted by molar-refractivity contribution is 6.35. The van der Waals surface area contributed by atoms with Gasteiger partial charge in [-0.15, -0.1) is 0 Å². The average Bonchev–Trinajstić information content (AvgIpc) is 3.14. The van der Waals surface area contributed by atoms with Crippen molar-refractivity contribution in [2.45, 2.75) is 20.5 Å². The summed E-state index contributed by atoms with van der Waals surface area (Å²) >= 11 is 12.2. The second kappa shape index (κ2) is 10.7. The molecule has 1 aromatic heterocycles. The number of hydrogen-bond donors (Lipinski definition) is 0. The standard InChI is InChI=1S/C28H21Cl2N3O3/c1-18-12-22(13-23(16-31)20-4-3-5-26(14-20)33(34)35)19(2)32(18)25-8-10-27(11-9-25)36-17-21-6-7-24(29)15-28(21)30/h3-15H,17H2,1-2H3/b23-13-. The van der Waals surface area contributed by atoms with Crippen LogP contribution in [0.3, 0.4) is 0 Å². The first-order valence-electron chi connectivity index (χ1n) is 11.0. The van der Waals surface area contributed by atoms with E-state index in [9.17, 15) is 15.4 Å². The summed E-state index contributed by atoms with van der Waals surface area (Å²) in [5.41, 5.74) is 5.35. The third-order valence-electron chi connectivity index (χ3n) is 5.76. The molecule has 3 aromatic carbocycles. The largest absolute Gasteiger partial charge is 0.489 e. The van der Waals surface area contributed by atoms with Gasteiger partial charge in [0.05, 0.1) is 16.6 Å². The van der Waals surface area contributed by atoms with Crippen molar-refractivity contribution in [2.75, 3.05) is 0 Å². The van der Waals surface area contributed by atoms with Crippen molar-refractivity contribution in [1.82, 2.24) is 4.57 Å². The summed E-state index contributed by atoms with van der Waals surface area (Å²) in [5.74, 6) is 0.699. The second-order valence-corrected chi connectivity index (χ2v) is 9.00. The molecule has 0 fully saturated rings. The number of ether oxygens (including phenoxy) is 1. The van der Waals surface area contributed by atoms with E-state index in [1.165, 1.54) is 12.1 Å². The topological polar surface area (TPSA) is 81.1 Å². The van der Waals surface area contributed by atoms with Crippen LogP contribution >= 0.6 is 23.2 Å². The summed E-state index contributed by atoms with van der Waals surface area (Å²) in [6.45, 7) is 4.27. The minimum atomic E-state index is -0.470. The molecule has 180 valence electrons. The van der Waals surface area contributed by atoms with Gasteiger partial charge in [-0.1, -0.05) is 41.4 Å². The van der Waals surface area contributed by atoms with E-state index in [0.29, 0.717) is 33.5 Å². The molecule has 0 bridgehead atoms. The number of nitro benzene ring substituents is 1. The summed E-state index contributed by atoms with van der Waals surface area (Å²) in [7, 11) is 0. The molecule has 0 radical (unpaired) electrons. The van der Waals surface area contributed by atoms with Crippen LogP contribution in [0.2, 0.25) is 10.0 Å². The van der Waals surface area contributed by atoms with Crippen molar-refractivity contribution < 1.29 is 9.66 Å². The van der Waals surface area contributed by atoms with E-state index in [-0.39, 0.29) is 5.69 Å². The molecule has 36 heavy (non-hydrogen) atoms. The van der Waals surface area contributed by atoms with Crippen molar-refractivity contribution in [3.63, 3.8) is 0 Å². The summed E-state index contributed by atoms with van der Waals surface area (Å²) in [6, 6.07) is 23.2. The number of allylic oxidation sites excluding steroid dienone is 1. The number of nitriles is 1. The van der Waals surface area contributed by atoms with Gasteiger partial charge in [0.1, 0.15) is 12.4 Å². The molecule has 0 aliphatic rings. The molecule has 0 aliphatic carbocycles. The Kier molecular flexibility index (Phi) is 7.44. The molecule has 4 aromatic rings. The summed E-state index contributed by atoms with van der Waals surface area (Å²) in [4.78, 5) is 10.7. The number of hydrogen-bond acceptors (Lipinski definition) is 4. The van der Waals surface area contributed by atoms with Crippen molar-refractivity contribution >= 4 is 40.5 Å². The van der Waals surface area contributed by atoms with Crippen LogP contribution in [-0.4, -0.2) is 9.49 Å². The Hall–Kier alpha value is -4.05. The number of nitrogens with zero attached hydrogens (tertiary/aromatic N) is 3. The van der Waals surface area contributed by atoms with Crippen LogP contribution in [0, 0.1) is 35.3 Å². The van der Waals surface area contributed by atoms with E-state index < -0.39 is 4.92 Å². The van der Waals surface area contributed by atoms with Gasteiger partial charge in [0.15, 0.2) is 0 Å². The zero-order valence-electron chi connectivity index (χ0n) is 19.5. The highest BCUT2D eigenvalue weighted by Gasteiger charge is 2.13. The maximum atomic E-state index is 11.1. The average molecular weight is 518 g/mol. The molecule has 0 saturated carbocycles. The number of aromatic nitrogens is 1. The third kappa shape index (κ3) is 5.44. The molecule has 0 N–H and O–H groups in total. The monoisotopic (exact) mass is 517 g/mol. The molecule has 0 spiro atoms. The van der Waals surface area contributed by atoms with Crippen LogP contribution in [0.1, 0.15) is 28.1 Å². The van der Waals surface area contributed by atoms with Gasteiger partial charge in [0.25, 0.3) is 5.69 Å². The Morgan fingerprint density at radius 2 is 1.83 bits per heavy atom. The third-order valence-corrected chi connectivity index (χ3v) is 6.35. The highest BCUT2D eigenvalue weighted by Crippen LogP contribution is 2.28. The number of rotatable bonds is 7. The zero-order valence-corrected chi connectivity index (χ0v) is 21.0. The number of aryl methyl sites for hydroxylation is 1. The van der Waals surface area contributed by atoms with E-state index in [0.717, 1.165) is 28.2 Å². The molecule has 0 amide bonds. The van der Waals surface area contributed by atoms with Gasteiger partial charge < -0.3 is 9.30 Å². The van der Waals surface area contributed by atoms with Crippen LogP contribution in [0.15, 0.2) is 72.8 Å². The minimum Gasteiger partial charge on any atom is -0.489 e. The fourth-order valence-electron chi connectivity index (χ4n) is 3.94. The van der Waals surface area contributed by atoms with E-state index in [1.807, 2.05) is 50.2 Å². The molecule has 0 unspecified atom stereocenters. The molecular formula is C28H21Cl2N3O3. The normalized spacial score (nSPS) is 11.2. The van der Waals surface area contributed by atoms with E-state index >= 15 is 0 Å². The summed E-state index contributed by atoms with van der Waals surface area (Å²) < 4.78 is 7.96. The fraction of sp³-hybridized carbons (Fsp3) is 0.107. The fourth-order valence-corrected chi connectivity index (χ4v) is 4.41. The number of benzene rings is 3. The van der Waals surface area contributed by atoms with Crippen LogP contribution < -0.4 is 4.74 Å². The number of halogens is 2. The van der Waals surface area contributed by atoms with Gasteiger partial charge in [-0.25, -0.2) is 0 Å². The van der Waals surface area contributed by atoms with Gasteiger partial charge in [-0.05, 0) is 73.5 Å². The first kappa shape index (κ1) is 25.1. The van der Waals surface area contributed by atoms with Crippen molar-refractivity contribution in [2.24, 2.45) is 0 Å². The van der Waals surface area contributed by atoms with E-state index in [1.54, 1.807) is 30.3 Å². The Labute approximate surface area is 218 Å². The smallest absolute Gasteiger partial charge is 0.270 e. The summed E-state index contributed by atoms with van der Waals surface area (Å²) in [5, 5.41) is 22.0. The van der Waals surface area contributed by atoms with Gasteiger partial charge >= 0.3 is 0 Å². The molecular weight excluding hydrogens is 497 g/mol. The lowest BCUT2D eigenvalue weighted by molar-refractivity contribution is -0.384. The lowest BCUT2D eigenvalue weighted by Gasteiger charge is -2.12. The maximum Gasteiger partial charge on any atom is 0.270 e. The van der Waals surface area contributed by atoms with Gasteiger partial charge in [-0.3, -0.25) is 10.1 Å². The Balaban J connectivity index is 1.57. The van der Waals surface area contributed by atoms with Crippen LogP contribution in [-0.2, 0) is 6.61 Å². The van der Waals surface area contributed by atoms with E-state index in [2.05, 4.69) is 10.6 Å². The highest BCUT2D eigenvalue weighted by atomic mass is 35.5. The van der Waals surface area contributed by atoms with E-state index in [4.69, 9.17) is 27.9 Å². The first-order chi connectivity index (χ1) is 17.3. The predicted molar refractivity (Wildman–Crippen MR) is 143 cm³/mol. The maximum absolute atomic E-state index is 11.1. The Morgan fingerprint density at radius 3 is 2.50 bits per heavy atom. The van der Waals surface area contributed by atoms with Crippen molar-refractivity contribution in [1.29, 1.82) is 5.26 Å². The molecule has 0 saturated heterocycles. The molecule has 8 heteroatoms. The molecule has 6 nitrogen and oxygen atoms in total. The van der Waals surface area contributed by atoms with Crippen LogP contribution in [0.5, 0.6) is 5.75 Å². The Morgan fingerprint density at radius 1 is 1.08 bits per heavy atom. The van der Waals surface area contributed by atoms with Gasteiger partial charge in [0, 0.05) is 44.8 Å². The lowest BCUT2D eigenvalue weighted by atomic mass is 10.0. The molecule has 0 atom stereocenters. The van der Waals surface area contributed by atoms with Gasteiger partial charge in [0.2, 0.25) is 0 Å². The van der Waals surface area contributed by atoms with Crippen molar-refractivity contribution in [3.8, 4) is 17.5 Å². The number of non-ortho nitro benzene ring substituents is 1. The van der Waals surface area contributed by atoms with Crippen LogP contribution in [0.25, 0.3) is 17.3 Å². The quantitative estimate of drug-likeness (QED) is 0.141. The predicted octanol–water partition coefficient (Wildman–Crippen LogP) is 7.95. The van der Waals surface area contributed by atoms with Crippen LogP contribution in [0.4, 0.5) is 5.69 Å². The second-order valence-electron chi connectivity index (χ2n) is 8.16. The summed E-state index contributed by atoms with van der Waals surface area (Å²) in [6.07, 6.45) is 1.76. The SMILES string of the molecule is Cc1cc(/C=C(/C#N)c2cccc([N+](=O)[O-])c2)c(C)n1-c1ccc(OCc2ccc(Cl)cc2Cl)cc1.